The van der Waals surface area contributed by atoms with E-state index in [-0.39, 0.29) is 18.5 Å². The number of hydrogen-bond acceptors (Lipinski definition) is 3. The second-order valence-corrected chi connectivity index (χ2v) is 6.26. The molecule has 2 fully saturated rings. The minimum absolute atomic E-state index is 0.131. The molecule has 0 aliphatic carbocycles. The molecule has 2 saturated heterocycles. The molecule has 2 N–H and O–H groups in total. The van der Waals surface area contributed by atoms with Crippen LogP contribution >= 0.6 is 23.2 Å². The van der Waals surface area contributed by atoms with Crippen molar-refractivity contribution in [2.75, 3.05) is 13.1 Å². The summed E-state index contributed by atoms with van der Waals surface area (Å²) in [7, 11) is 0. The zero-order valence-corrected chi connectivity index (χ0v) is 12.8. The third-order valence-corrected chi connectivity index (χ3v) is 4.57. The first-order valence-electron chi connectivity index (χ1n) is 6.81. The topological polar surface area (TPSA) is 61.4 Å². The van der Waals surface area contributed by atoms with Gasteiger partial charge in [-0.2, -0.15) is 0 Å². The molecule has 2 aliphatic rings. The normalized spacial score (nSPS) is 25.5. The molecule has 3 amide bonds. The molecule has 3 rings (SSSR count). The summed E-state index contributed by atoms with van der Waals surface area (Å²) in [6.45, 7) is 1.47. The van der Waals surface area contributed by atoms with Crippen molar-refractivity contribution in [2.45, 2.75) is 24.9 Å². The third-order valence-electron chi connectivity index (χ3n) is 3.97. The van der Waals surface area contributed by atoms with E-state index >= 15 is 0 Å². The van der Waals surface area contributed by atoms with Gasteiger partial charge in [0.1, 0.15) is 5.54 Å². The fourth-order valence-electron chi connectivity index (χ4n) is 2.85. The Morgan fingerprint density at radius 1 is 1.29 bits per heavy atom. The molecule has 1 atom stereocenters. The van der Waals surface area contributed by atoms with Gasteiger partial charge in [-0.1, -0.05) is 23.2 Å². The van der Waals surface area contributed by atoms with Gasteiger partial charge in [0.2, 0.25) is 0 Å². The van der Waals surface area contributed by atoms with Gasteiger partial charge in [0.05, 0.1) is 6.54 Å². The lowest BCUT2D eigenvalue weighted by atomic mass is 9.90. The summed E-state index contributed by atoms with van der Waals surface area (Å²) in [5.41, 5.74) is -0.145. The molecule has 1 unspecified atom stereocenters. The Morgan fingerprint density at radius 3 is 2.81 bits per heavy atom. The summed E-state index contributed by atoms with van der Waals surface area (Å²) in [6.07, 6.45) is 1.52. The largest absolute Gasteiger partial charge is 0.325 e. The number of benzene rings is 1. The van der Waals surface area contributed by atoms with E-state index in [0.29, 0.717) is 28.6 Å². The zero-order valence-electron chi connectivity index (χ0n) is 11.3. The summed E-state index contributed by atoms with van der Waals surface area (Å²) in [5.74, 6) is -0.198. The van der Waals surface area contributed by atoms with Crippen molar-refractivity contribution >= 4 is 35.1 Å². The van der Waals surface area contributed by atoms with Crippen LogP contribution in [0.25, 0.3) is 0 Å². The Morgan fingerprint density at radius 2 is 2.10 bits per heavy atom. The number of urea groups is 1. The fraction of sp³-hybridized carbons (Fsp3) is 0.429. The first-order chi connectivity index (χ1) is 10.0. The molecular weight excluding hydrogens is 313 g/mol. The predicted octanol–water partition coefficient (Wildman–Crippen LogP) is 2.17. The van der Waals surface area contributed by atoms with Gasteiger partial charge in [-0.25, -0.2) is 4.79 Å². The van der Waals surface area contributed by atoms with Gasteiger partial charge in [0.15, 0.2) is 0 Å². The van der Waals surface area contributed by atoms with Gasteiger partial charge >= 0.3 is 6.03 Å². The van der Waals surface area contributed by atoms with Crippen LogP contribution in [0, 0.1) is 0 Å². The molecule has 7 heteroatoms. The van der Waals surface area contributed by atoms with Gasteiger partial charge < -0.3 is 10.6 Å². The molecule has 1 aromatic carbocycles. The number of amides is 3. The number of hydrogen-bond donors (Lipinski definition) is 2. The summed E-state index contributed by atoms with van der Waals surface area (Å²) < 4.78 is 0. The van der Waals surface area contributed by atoms with Crippen LogP contribution in [-0.4, -0.2) is 35.5 Å². The Bertz CT molecular complexity index is 600. The molecular formula is C14H15Cl2N3O2. The van der Waals surface area contributed by atoms with Crippen LogP contribution in [0.15, 0.2) is 18.2 Å². The lowest BCUT2D eigenvalue weighted by Crippen LogP contribution is -2.57. The summed E-state index contributed by atoms with van der Waals surface area (Å²) in [4.78, 5) is 26.0. The Kier molecular flexibility index (Phi) is 3.82. The van der Waals surface area contributed by atoms with Crippen molar-refractivity contribution in [1.29, 1.82) is 0 Å². The second kappa shape index (κ2) is 5.48. The molecule has 0 bridgehead atoms. The SMILES string of the molecule is O=C1NC2(CCCNC2)C(=O)N1Cc1cc(Cl)ccc1Cl. The van der Waals surface area contributed by atoms with Gasteiger partial charge in [-0.15, -0.1) is 0 Å². The highest BCUT2D eigenvalue weighted by molar-refractivity contribution is 6.33. The molecule has 5 nitrogen and oxygen atoms in total. The van der Waals surface area contributed by atoms with E-state index < -0.39 is 5.54 Å². The average Bonchev–Trinajstić information content (AvgIpc) is 2.68. The van der Waals surface area contributed by atoms with Crippen molar-refractivity contribution in [3.05, 3.63) is 33.8 Å². The van der Waals surface area contributed by atoms with Crippen molar-refractivity contribution in [3.63, 3.8) is 0 Å². The molecule has 0 aromatic heterocycles. The molecule has 112 valence electrons. The lowest BCUT2D eigenvalue weighted by molar-refractivity contribution is -0.132. The van der Waals surface area contributed by atoms with Crippen molar-refractivity contribution in [3.8, 4) is 0 Å². The molecule has 2 heterocycles. The van der Waals surface area contributed by atoms with Crippen molar-refractivity contribution < 1.29 is 9.59 Å². The van der Waals surface area contributed by atoms with Crippen LogP contribution in [0.4, 0.5) is 4.79 Å². The minimum Gasteiger partial charge on any atom is -0.322 e. The standard InChI is InChI=1S/C14H15Cl2N3O2/c15-10-2-3-11(16)9(6-10)7-19-12(20)14(18-13(19)21)4-1-5-17-8-14/h2-3,6,17H,1,4-5,7-8H2,(H,18,21). The van der Waals surface area contributed by atoms with E-state index in [9.17, 15) is 9.59 Å². The zero-order chi connectivity index (χ0) is 15.0. The Hall–Kier alpha value is -1.30. The van der Waals surface area contributed by atoms with Crippen LogP contribution in [-0.2, 0) is 11.3 Å². The highest BCUT2D eigenvalue weighted by atomic mass is 35.5. The van der Waals surface area contributed by atoms with Gasteiger partial charge in [0, 0.05) is 16.6 Å². The Balaban J connectivity index is 1.84. The van der Waals surface area contributed by atoms with E-state index in [1.807, 2.05) is 0 Å². The quantitative estimate of drug-likeness (QED) is 0.818. The first-order valence-corrected chi connectivity index (χ1v) is 7.56. The number of carbonyl (C=O) groups excluding carboxylic acids is 2. The van der Waals surface area contributed by atoms with Gasteiger partial charge in [0.25, 0.3) is 5.91 Å². The number of piperidine rings is 1. The van der Waals surface area contributed by atoms with E-state index in [0.717, 1.165) is 13.0 Å². The van der Waals surface area contributed by atoms with Crippen molar-refractivity contribution in [1.82, 2.24) is 15.5 Å². The number of rotatable bonds is 2. The molecule has 0 radical (unpaired) electrons. The molecule has 2 aliphatic heterocycles. The molecule has 21 heavy (non-hydrogen) atoms. The first kappa shape index (κ1) is 14.6. The van der Waals surface area contributed by atoms with Gasteiger partial charge in [-0.3, -0.25) is 9.69 Å². The van der Waals surface area contributed by atoms with Crippen LogP contribution in [0.2, 0.25) is 10.0 Å². The highest BCUT2D eigenvalue weighted by Gasteiger charge is 2.51. The lowest BCUT2D eigenvalue weighted by Gasteiger charge is -2.31. The average molecular weight is 328 g/mol. The van der Waals surface area contributed by atoms with E-state index in [1.165, 1.54) is 4.90 Å². The van der Waals surface area contributed by atoms with Crippen LogP contribution < -0.4 is 10.6 Å². The van der Waals surface area contributed by atoms with E-state index in [2.05, 4.69) is 10.6 Å². The summed E-state index contributed by atoms with van der Waals surface area (Å²) in [5, 5.41) is 7.00. The fourth-order valence-corrected chi connectivity index (χ4v) is 3.22. The van der Waals surface area contributed by atoms with Crippen molar-refractivity contribution in [2.24, 2.45) is 0 Å². The van der Waals surface area contributed by atoms with Crippen LogP contribution in [0.1, 0.15) is 18.4 Å². The maximum atomic E-state index is 12.6. The second-order valence-electron chi connectivity index (χ2n) is 5.42. The highest BCUT2D eigenvalue weighted by Crippen LogP contribution is 2.28. The minimum atomic E-state index is -0.805. The van der Waals surface area contributed by atoms with Crippen LogP contribution in [0.3, 0.4) is 0 Å². The number of nitrogens with one attached hydrogen (secondary N) is 2. The predicted molar refractivity (Wildman–Crippen MR) is 80.4 cm³/mol. The summed E-state index contributed by atoms with van der Waals surface area (Å²) >= 11 is 12.1. The monoisotopic (exact) mass is 327 g/mol. The molecule has 0 saturated carbocycles. The maximum Gasteiger partial charge on any atom is 0.325 e. The van der Waals surface area contributed by atoms with E-state index in [4.69, 9.17) is 23.2 Å². The molecule has 1 aromatic rings. The molecule has 1 spiro atoms. The summed E-state index contributed by atoms with van der Waals surface area (Å²) in [6, 6.07) is 4.63. The number of imide groups is 1. The smallest absolute Gasteiger partial charge is 0.322 e. The van der Waals surface area contributed by atoms with Gasteiger partial charge in [-0.05, 0) is 43.1 Å². The number of carbonyl (C=O) groups is 2. The van der Waals surface area contributed by atoms with E-state index in [1.54, 1.807) is 18.2 Å². The van der Waals surface area contributed by atoms with Crippen LogP contribution in [0.5, 0.6) is 0 Å². The maximum absolute atomic E-state index is 12.6. The Labute approximate surface area is 132 Å². The number of nitrogens with zero attached hydrogens (tertiary/aromatic N) is 1. The number of halogens is 2. The third kappa shape index (κ3) is 2.61.